The first kappa shape index (κ1) is 7.71. The van der Waals surface area contributed by atoms with Crippen LogP contribution in [0, 0.1) is 0 Å². The van der Waals surface area contributed by atoms with Gasteiger partial charge in [-0.15, -0.1) is 11.3 Å². The molecular formula is C10H6BrNS. The molecule has 0 spiro atoms. The maximum atomic E-state index is 4.23. The molecule has 0 saturated carbocycles. The molecule has 0 aromatic carbocycles. The summed E-state index contributed by atoms with van der Waals surface area (Å²) in [5.74, 6) is 0. The molecule has 0 N–H and O–H groups in total. The summed E-state index contributed by atoms with van der Waals surface area (Å²) in [6.45, 7) is 0. The Kier molecular flexibility index (Phi) is 1.58. The van der Waals surface area contributed by atoms with Gasteiger partial charge >= 0.3 is 0 Å². The normalized spacial score (nSPS) is 12.7. The molecule has 0 fully saturated rings. The molecule has 13 heavy (non-hydrogen) atoms. The number of hydrogen-bond donors (Lipinski definition) is 0. The van der Waals surface area contributed by atoms with Gasteiger partial charge in [0.05, 0.1) is 0 Å². The van der Waals surface area contributed by atoms with Gasteiger partial charge in [0, 0.05) is 17.5 Å². The first-order valence-corrected chi connectivity index (χ1v) is 5.73. The predicted octanol–water partition coefficient (Wildman–Crippen LogP) is 3.48. The van der Waals surface area contributed by atoms with Gasteiger partial charge in [-0.2, -0.15) is 0 Å². The van der Waals surface area contributed by atoms with Crippen molar-refractivity contribution in [3.63, 3.8) is 0 Å². The molecule has 0 atom stereocenters. The Morgan fingerprint density at radius 1 is 1.31 bits per heavy atom. The van der Waals surface area contributed by atoms with Crippen molar-refractivity contribution in [2.45, 2.75) is 6.42 Å². The van der Waals surface area contributed by atoms with Crippen LogP contribution in [0.2, 0.25) is 0 Å². The molecule has 0 bridgehead atoms. The van der Waals surface area contributed by atoms with E-state index in [0.29, 0.717) is 0 Å². The van der Waals surface area contributed by atoms with Crippen molar-refractivity contribution in [1.82, 2.24) is 4.98 Å². The quantitative estimate of drug-likeness (QED) is 0.558. The standard InChI is InChI=1S/C10H6BrNS/c11-10-8-5-9-7(2-4-13-9)6(8)1-3-12-10/h1-4H,5H2. The maximum absolute atomic E-state index is 4.23. The van der Waals surface area contributed by atoms with Crippen LogP contribution in [0.5, 0.6) is 0 Å². The molecule has 0 saturated heterocycles. The zero-order chi connectivity index (χ0) is 8.84. The minimum Gasteiger partial charge on any atom is -0.249 e. The summed E-state index contributed by atoms with van der Waals surface area (Å²) in [5, 5.41) is 2.15. The van der Waals surface area contributed by atoms with E-state index >= 15 is 0 Å². The molecule has 0 unspecified atom stereocenters. The third-order valence-electron chi connectivity index (χ3n) is 2.38. The number of thiophene rings is 1. The second-order valence-corrected chi connectivity index (χ2v) is 4.81. The first-order valence-electron chi connectivity index (χ1n) is 4.06. The van der Waals surface area contributed by atoms with Crippen molar-refractivity contribution in [3.8, 4) is 11.1 Å². The summed E-state index contributed by atoms with van der Waals surface area (Å²) in [7, 11) is 0. The van der Waals surface area contributed by atoms with Gasteiger partial charge in [0.1, 0.15) is 4.60 Å². The van der Waals surface area contributed by atoms with Crippen LogP contribution in [0.1, 0.15) is 10.4 Å². The van der Waals surface area contributed by atoms with E-state index in [2.05, 4.69) is 38.4 Å². The molecule has 2 aromatic heterocycles. The van der Waals surface area contributed by atoms with Gasteiger partial charge < -0.3 is 0 Å². The van der Waals surface area contributed by atoms with Crippen LogP contribution in [0.15, 0.2) is 28.3 Å². The summed E-state index contributed by atoms with van der Waals surface area (Å²) in [6.07, 6.45) is 2.90. The van der Waals surface area contributed by atoms with E-state index in [-0.39, 0.29) is 0 Å². The van der Waals surface area contributed by atoms with Crippen molar-refractivity contribution in [3.05, 3.63) is 38.8 Å². The molecule has 3 heteroatoms. The van der Waals surface area contributed by atoms with Crippen LogP contribution < -0.4 is 0 Å². The second kappa shape index (κ2) is 2.66. The zero-order valence-electron chi connectivity index (χ0n) is 6.75. The van der Waals surface area contributed by atoms with E-state index in [1.165, 1.54) is 21.6 Å². The van der Waals surface area contributed by atoms with Gasteiger partial charge in [-0.25, -0.2) is 4.98 Å². The molecule has 1 aliphatic rings. The average molecular weight is 252 g/mol. The summed E-state index contributed by atoms with van der Waals surface area (Å²) in [5.41, 5.74) is 4.07. The molecule has 1 aliphatic carbocycles. The lowest BCUT2D eigenvalue weighted by atomic mass is 10.1. The Morgan fingerprint density at radius 3 is 3.15 bits per heavy atom. The minimum absolute atomic E-state index is 0.994. The van der Waals surface area contributed by atoms with Crippen molar-refractivity contribution >= 4 is 27.3 Å². The highest BCUT2D eigenvalue weighted by Gasteiger charge is 2.21. The Morgan fingerprint density at radius 2 is 2.23 bits per heavy atom. The first-order chi connectivity index (χ1) is 6.36. The Bertz CT molecular complexity index is 476. The second-order valence-electron chi connectivity index (χ2n) is 3.06. The largest absolute Gasteiger partial charge is 0.249 e. The van der Waals surface area contributed by atoms with Gasteiger partial charge in [0.25, 0.3) is 0 Å². The highest BCUT2D eigenvalue weighted by molar-refractivity contribution is 9.10. The molecule has 64 valence electrons. The fraction of sp³-hybridized carbons (Fsp3) is 0.100. The lowest BCUT2D eigenvalue weighted by Crippen LogP contribution is -1.85. The van der Waals surface area contributed by atoms with Gasteiger partial charge in [0.15, 0.2) is 0 Å². The van der Waals surface area contributed by atoms with Crippen LogP contribution >= 0.6 is 27.3 Å². The van der Waals surface area contributed by atoms with Gasteiger partial charge in [-0.3, -0.25) is 0 Å². The molecule has 2 heterocycles. The highest BCUT2D eigenvalue weighted by Crippen LogP contribution is 2.41. The molecular weight excluding hydrogens is 246 g/mol. The monoisotopic (exact) mass is 251 g/mol. The van der Waals surface area contributed by atoms with E-state index in [1.54, 1.807) is 0 Å². The molecule has 1 nitrogen and oxygen atoms in total. The van der Waals surface area contributed by atoms with Crippen molar-refractivity contribution < 1.29 is 0 Å². The van der Waals surface area contributed by atoms with Crippen LogP contribution in [-0.4, -0.2) is 4.98 Å². The number of aromatic nitrogens is 1. The van der Waals surface area contributed by atoms with Crippen LogP contribution in [-0.2, 0) is 6.42 Å². The fourth-order valence-electron chi connectivity index (χ4n) is 1.77. The summed E-state index contributed by atoms with van der Waals surface area (Å²) in [4.78, 5) is 5.70. The molecule has 3 rings (SSSR count). The lowest BCUT2D eigenvalue weighted by Gasteiger charge is -1.99. The minimum atomic E-state index is 0.994. The van der Waals surface area contributed by atoms with Gasteiger partial charge in [0.2, 0.25) is 0 Å². The third-order valence-corrected chi connectivity index (χ3v) is 3.98. The van der Waals surface area contributed by atoms with Crippen LogP contribution in [0.25, 0.3) is 11.1 Å². The van der Waals surface area contributed by atoms with E-state index in [1.807, 2.05) is 17.5 Å². The molecule has 0 radical (unpaired) electrons. The van der Waals surface area contributed by atoms with E-state index < -0.39 is 0 Å². The SMILES string of the molecule is Brc1nccc2c1Cc1sccc1-2. The van der Waals surface area contributed by atoms with Gasteiger partial charge in [-0.1, -0.05) is 0 Å². The Hall–Kier alpha value is -0.670. The topological polar surface area (TPSA) is 12.9 Å². The van der Waals surface area contributed by atoms with Crippen molar-refractivity contribution in [2.24, 2.45) is 0 Å². The molecule has 0 amide bonds. The smallest absolute Gasteiger partial charge is 0.110 e. The van der Waals surface area contributed by atoms with Crippen molar-refractivity contribution in [2.75, 3.05) is 0 Å². The predicted molar refractivity (Wildman–Crippen MR) is 58.1 cm³/mol. The number of hydrogen-bond acceptors (Lipinski definition) is 2. The molecule has 2 aromatic rings. The average Bonchev–Trinajstić information content (AvgIpc) is 2.65. The summed E-state index contributed by atoms with van der Waals surface area (Å²) in [6, 6.07) is 4.29. The van der Waals surface area contributed by atoms with E-state index in [9.17, 15) is 0 Å². The number of nitrogens with zero attached hydrogens (tertiary/aromatic N) is 1. The number of rotatable bonds is 0. The van der Waals surface area contributed by atoms with Crippen molar-refractivity contribution in [1.29, 1.82) is 0 Å². The number of fused-ring (bicyclic) bond motifs is 3. The summed E-state index contributed by atoms with van der Waals surface area (Å²) < 4.78 is 0.994. The number of halogens is 1. The third kappa shape index (κ3) is 1.00. The Labute approximate surface area is 88.6 Å². The summed E-state index contributed by atoms with van der Waals surface area (Å²) >= 11 is 5.31. The zero-order valence-corrected chi connectivity index (χ0v) is 9.15. The number of pyridine rings is 1. The van der Waals surface area contributed by atoms with Crippen LogP contribution in [0.3, 0.4) is 0 Å². The fourth-order valence-corrected chi connectivity index (χ4v) is 3.14. The lowest BCUT2D eigenvalue weighted by molar-refractivity contribution is 1.18. The molecule has 0 aliphatic heterocycles. The van der Waals surface area contributed by atoms with Gasteiger partial charge in [-0.05, 0) is 50.1 Å². The van der Waals surface area contributed by atoms with E-state index in [4.69, 9.17) is 0 Å². The maximum Gasteiger partial charge on any atom is 0.110 e. The van der Waals surface area contributed by atoms with Crippen LogP contribution in [0.4, 0.5) is 0 Å². The Balaban J connectivity index is 2.34. The van der Waals surface area contributed by atoms with E-state index in [0.717, 1.165) is 11.0 Å². The highest BCUT2D eigenvalue weighted by atomic mass is 79.9.